The van der Waals surface area contributed by atoms with Gasteiger partial charge in [0.2, 0.25) is 0 Å². The lowest BCUT2D eigenvalue weighted by molar-refractivity contribution is 0.0529. The zero-order valence-electron chi connectivity index (χ0n) is 17.7. The Morgan fingerprint density at radius 2 is 2.00 bits per heavy atom. The second kappa shape index (κ2) is 9.25. The van der Waals surface area contributed by atoms with Crippen LogP contribution in [0.4, 0.5) is 15.0 Å². The summed E-state index contributed by atoms with van der Waals surface area (Å²) in [5.41, 5.74) is 3.58. The van der Waals surface area contributed by atoms with Gasteiger partial charge in [-0.25, -0.2) is 19.6 Å². The van der Waals surface area contributed by atoms with Crippen LogP contribution in [0.15, 0.2) is 41.6 Å². The fourth-order valence-corrected chi connectivity index (χ4v) is 3.00. The third-order valence-electron chi connectivity index (χ3n) is 4.39. The molecule has 9 heteroatoms. The lowest BCUT2D eigenvalue weighted by Crippen LogP contribution is -2.36. The minimum atomic E-state index is -0.717. The molecule has 0 unspecified atom stereocenters. The van der Waals surface area contributed by atoms with E-state index in [1.54, 1.807) is 46.9 Å². The lowest BCUT2D eigenvalue weighted by atomic mass is 9.93. The van der Waals surface area contributed by atoms with E-state index in [0.29, 0.717) is 18.8 Å². The summed E-state index contributed by atoms with van der Waals surface area (Å²) in [5, 5.41) is 4.16. The SMILES string of the molecule is Bc1ccc(/C(=N\NC(=O)OC(C)(C)C)c2ccc(N3CCOCC3)nc2)c(F)c1. The molecule has 1 aromatic carbocycles. The number of hydrazone groups is 1. The van der Waals surface area contributed by atoms with Crippen molar-refractivity contribution in [3.63, 3.8) is 0 Å². The highest BCUT2D eigenvalue weighted by molar-refractivity contribution is 6.32. The highest BCUT2D eigenvalue weighted by atomic mass is 19.1. The van der Waals surface area contributed by atoms with Crippen LogP contribution >= 0.6 is 0 Å². The Morgan fingerprint density at radius 1 is 1.27 bits per heavy atom. The van der Waals surface area contributed by atoms with Gasteiger partial charge < -0.3 is 14.4 Å². The molecule has 1 N–H and O–H groups in total. The zero-order chi connectivity index (χ0) is 21.7. The van der Waals surface area contributed by atoms with Crippen LogP contribution in [0.3, 0.4) is 0 Å². The van der Waals surface area contributed by atoms with Crippen molar-refractivity contribution >= 4 is 30.9 Å². The van der Waals surface area contributed by atoms with Crippen molar-refractivity contribution in [3.8, 4) is 0 Å². The maximum absolute atomic E-state index is 14.7. The number of morpholine rings is 1. The first-order valence-electron chi connectivity index (χ1n) is 9.85. The summed E-state index contributed by atoms with van der Waals surface area (Å²) in [6.45, 7) is 8.11. The number of anilines is 1. The normalized spacial score (nSPS) is 15.1. The van der Waals surface area contributed by atoms with Gasteiger partial charge in [0.25, 0.3) is 0 Å². The summed E-state index contributed by atoms with van der Waals surface area (Å²) in [6, 6.07) is 8.52. The second-order valence-corrected chi connectivity index (χ2v) is 8.06. The van der Waals surface area contributed by atoms with Gasteiger partial charge >= 0.3 is 6.09 Å². The Morgan fingerprint density at radius 3 is 2.60 bits per heavy atom. The third kappa shape index (κ3) is 5.79. The standard InChI is InChI=1S/C21H26BFN4O3/c1-21(2,3)30-20(28)26-25-19(16-6-5-15(22)12-17(16)23)14-4-7-18(24-13-14)27-8-10-29-11-9-27/h4-7,12-13H,8-11,22H2,1-3H3,(H,26,28)/b25-19-. The number of pyridine rings is 1. The summed E-state index contributed by atoms with van der Waals surface area (Å²) >= 11 is 0. The van der Waals surface area contributed by atoms with Crippen molar-refractivity contribution in [1.29, 1.82) is 0 Å². The number of aromatic nitrogens is 1. The van der Waals surface area contributed by atoms with Gasteiger partial charge in [-0.15, -0.1) is 0 Å². The number of ether oxygens (including phenoxy) is 2. The molecule has 2 aromatic rings. The van der Waals surface area contributed by atoms with Crippen LogP contribution in [0.25, 0.3) is 0 Å². The number of nitrogens with one attached hydrogen (secondary N) is 1. The lowest BCUT2D eigenvalue weighted by Gasteiger charge is -2.27. The van der Waals surface area contributed by atoms with E-state index in [4.69, 9.17) is 9.47 Å². The van der Waals surface area contributed by atoms with E-state index >= 15 is 0 Å². The number of benzene rings is 1. The molecule has 1 fully saturated rings. The minimum absolute atomic E-state index is 0.262. The summed E-state index contributed by atoms with van der Waals surface area (Å²) < 4.78 is 25.3. The van der Waals surface area contributed by atoms with E-state index in [0.717, 1.165) is 24.4 Å². The number of hydrogen-bond acceptors (Lipinski definition) is 6. The summed E-state index contributed by atoms with van der Waals surface area (Å²) in [6.07, 6.45) is 0.907. The Labute approximate surface area is 176 Å². The monoisotopic (exact) mass is 412 g/mol. The maximum Gasteiger partial charge on any atom is 0.428 e. The quantitative estimate of drug-likeness (QED) is 0.469. The predicted molar refractivity (Wildman–Crippen MR) is 117 cm³/mol. The molecule has 1 aromatic heterocycles. The molecule has 1 saturated heterocycles. The summed E-state index contributed by atoms with van der Waals surface area (Å²) in [5.74, 6) is 0.378. The van der Waals surface area contributed by atoms with Gasteiger partial charge in [-0.2, -0.15) is 5.10 Å². The van der Waals surface area contributed by atoms with Crippen LogP contribution in [-0.4, -0.2) is 56.5 Å². The molecule has 30 heavy (non-hydrogen) atoms. The Hall–Kier alpha value is -2.94. The number of amides is 1. The van der Waals surface area contributed by atoms with Crippen LogP contribution in [0.5, 0.6) is 0 Å². The van der Waals surface area contributed by atoms with Crippen LogP contribution in [0, 0.1) is 5.82 Å². The Balaban J connectivity index is 1.90. The minimum Gasteiger partial charge on any atom is -0.443 e. The number of carbonyl (C=O) groups is 1. The third-order valence-corrected chi connectivity index (χ3v) is 4.39. The molecule has 0 spiro atoms. The highest BCUT2D eigenvalue weighted by Crippen LogP contribution is 2.17. The summed E-state index contributed by atoms with van der Waals surface area (Å²) in [7, 11) is 1.81. The molecule has 0 bridgehead atoms. The molecule has 158 valence electrons. The topological polar surface area (TPSA) is 76.0 Å². The van der Waals surface area contributed by atoms with Crippen molar-refractivity contribution in [1.82, 2.24) is 10.4 Å². The van der Waals surface area contributed by atoms with Gasteiger partial charge in [0.1, 0.15) is 30.8 Å². The number of nitrogens with zero attached hydrogens (tertiary/aromatic N) is 3. The molecular weight excluding hydrogens is 386 g/mol. The number of rotatable bonds is 4. The smallest absolute Gasteiger partial charge is 0.428 e. The number of hydrogen-bond donors (Lipinski definition) is 1. The average molecular weight is 412 g/mol. The molecular formula is C21H26BFN4O3. The fourth-order valence-electron chi connectivity index (χ4n) is 3.00. The molecule has 1 aliphatic rings. The molecule has 3 rings (SSSR count). The van der Waals surface area contributed by atoms with Gasteiger partial charge in [-0.05, 0) is 39.0 Å². The van der Waals surface area contributed by atoms with Crippen LogP contribution in [0.1, 0.15) is 31.9 Å². The Bertz CT molecular complexity index is 923. The van der Waals surface area contributed by atoms with Crippen LogP contribution < -0.4 is 15.8 Å². The molecule has 0 aliphatic carbocycles. The van der Waals surface area contributed by atoms with E-state index in [1.165, 1.54) is 6.07 Å². The van der Waals surface area contributed by atoms with E-state index < -0.39 is 17.5 Å². The fraction of sp³-hybridized carbons (Fsp3) is 0.381. The van der Waals surface area contributed by atoms with E-state index in [-0.39, 0.29) is 11.3 Å². The predicted octanol–water partition coefficient (Wildman–Crippen LogP) is 1.59. The van der Waals surface area contributed by atoms with Gasteiger partial charge in [-0.3, -0.25) is 0 Å². The van der Waals surface area contributed by atoms with Crippen LogP contribution in [-0.2, 0) is 9.47 Å². The average Bonchev–Trinajstić information content (AvgIpc) is 2.69. The molecule has 0 atom stereocenters. The van der Waals surface area contributed by atoms with Gasteiger partial charge in [0.15, 0.2) is 0 Å². The largest absolute Gasteiger partial charge is 0.443 e. The molecule has 1 aliphatic heterocycles. The van der Waals surface area contributed by atoms with Crippen molar-refractivity contribution in [2.45, 2.75) is 26.4 Å². The van der Waals surface area contributed by atoms with Gasteiger partial charge in [0.05, 0.1) is 13.2 Å². The van der Waals surface area contributed by atoms with Crippen molar-refractivity contribution in [2.75, 3.05) is 31.2 Å². The van der Waals surface area contributed by atoms with Crippen molar-refractivity contribution in [2.24, 2.45) is 5.10 Å². The molecule has 0 saturated carbocycles. The number of halogens is 1. The summed E-state index contributed by atoms with van der Waals surface area (Å²) in [4.78, 5) is 18.7. The molecule has 1 amide bonds. The van der Waals surface area contributed by atoms with E-state index in [9.17, 15) is 9.18 Å². The van der Waals surface area contributed by atoms with E-state index in [2.05, 4.69) is 20.4 Å². The Kier molecular flexibility index (Phi) is 6.71. The van der Waals surface area contributed by atoms with Crippen molar-refractivity contribution in [3.05, 3.63) is 53.5 Å². The zero-order valence-corrected chi connectivity index (χ0v) is 17.7. The van der Waals surface area contributed by atoms with Crippen LogP contribution in [0.2, 0.25) is 0 Å². The molecule has 2 heterocycles. The van der Waals surface area contributed by atoms with Gasteiger partial charge in [0, 0.05) is 30.4 Å². The highest BCUT2D eigenvalue weighted by Gasteiger charge is 2.19. The van der Waals surface area contributed by atoms with E-state index in [1.807, 2.05) is 12.1 Å². The van der Waals surface area contributed by atoms with Gasteiger partial charge in [-0.1, -0.05) is 17.6 Å². The first-order valence-corrected chi connectivity index (χ1v) is 9.85. The first-order chi connectivity index (χ1) is 14.2. The molecule has 7 nitrogen and oxygen atoms in total. The second-order valence-electron chi connectivity index (χ2n) is 8.06. The molecule has 0 radical (unpaired) electrons. The first kappa shape index (κ1) is 21.8. The van der Waals surface area contributed by atoms with Crippen molar-refractivity contribution < 1.29 is 18.7 Å². The maximum atomic E-state index is 14.7. The number of carbonyl (C=O) groups excluding carboxylic acids is 1.